The van der Waals surface area contributed by atoms with Crippen LogP contribution >= 0.6 is 0 Å². The largest absolute Gasteiger partial charge is 0.444 e. The lowest BCUT2D eigenvalue weighted by Crippen LogP contribution is -2.36. The minimum Gasteiger partial charge on any atom is -0.444 e. The second-order valence-electron chi connectivity index (χ2n) is 8.28. The number of carbonyl (C=O) groups excluding carboxylic acids is 2. The summed E-state index contributed by atoms with van der Waals surface area (Å²) in [6.07, 6.45) is 0.632. The van der Waals surface area contributed by atoms with E-state index in [4.69, 9.17) is 9.47 Å². The number of hydrogen-bond donors (Lipinski definition) is 1. The molecule has 162 valence electrons. The summed E-state index contributed by atoms with van der Waals surface area (Å²) < 4.78 is 10.7. The zero-order valence-corrected chi connectivity index (χ0v) is 18.3. The van der Waals surface area contributed by atoms with Crippen molar-refractivity contribution >= 4 is 12.1 Å². The number of ether oxygens (including phenoxy) is 2. The summed E-state index contributed by atoms with van der Waals surface area (Å²) in [4.78, 5) is 25.7. The first-order valence-corrected chi connectivity index (χ1v) is 10.1. The molecule has 0 aliphatic rings. The van der Waals surface area contributed by atoms with Crippen molar-refractivity contribution < 1.29 is 24.2 Å². The van der Waals surface area contributed by atoms with Crippen molar-refractivity contribution in [3.63, 3.8) is 0 Å². The van der Waals surface area contributed by atoms with Gasteiger partial charge in [0.2, 0.25) is 0 Å². The molecule has 6 nitrogen and oxygen atoms in total. The highest BCUT2D eigenvalue weighted by Crippen LogP contribution is 2.20. The molecular weight excluding hydrogens is 382 g/mol. The van der Waals surface area contributed by atoms with E-state index in [0.717, 1.165) is 12.8 Å². The Labute approximate surface area is 178 Å². The van der Waals surface area contributed by atoms with Gasteiger partial charge in [-0.25, -0.2) is 9.59 Å². The fraction of sp³-hybridized carbons (Fsp3) is 0.417. The van der Waals surface area contributed by atoms with Gasteiger partial charge in [-0.15, -0.1) is 0 Å². The summed E-state index contributed by atoms with van der Waals surface area (Å²) in [6.45, 7) is 7.55. The van der Waals surface area contributed by atoms with Gasteiger partial charge in [-0.05, 0) is 62.6 Å². The van der Waals surface area contributed by atoms with Crippen molar-refractivity contribution in [2.75, 3.05) is 13.6 Å². The van der Waals surface area contributed by atoms with Crippen molar-refractivity contribution in [1.82, 2.24) is 4.90 Å². The van der Waals surface area contributed by atoms with Gasteiger partial charge in [0, 0.05) is 7.05 Å². The first kappa shape index (κ1) is 23.4. The Morgan fingerprint density at radius 2 is 1.63 bits per heavy atom. The number of likely N-dealkylation sites (N-methyl/N-ethyl adjacent to an activating group) is 1. The lowest BCUT2D eigenvalue weighted by atomic mass is 10.1. The van der Waals surface area contributed by atoms with Gasteiger partial charge in [0.1, 0.15) is 11.4 Å². The van der Waals surface area contributed by atoms with Crippen LogP contribution in [0.25, 0.3) is 0 Å². The molecule has 0 aliphatic carbocycles. The summed E-state index contributed by atoms with van der Waals surface area (Å²) in [7, 11) is 1.57. The SMILES string of the molecule is CCCc1ccc(C(=O)Oc2ccc(C(O)CN(C)C(=O)OC(C)(C)C)cc2)cc1. The molecule has 0 fully saturated rings. The number of aliphatic hydroxyl groups is 1. The van der Waals surface area contributed by atoms with Crippen molar-refractivity contribution in [1.29, 1.82) is 0 Å². The molecule has 0 aromatic heterocycles. The van der Waals surface area contributed by atoms with Gasteiger partial charge >= 0.3 is 12.1 Å². The number of aliphatic hydroxyl groups excluding tert-OH is 1. The molecule has 6 heteroatoms. The van der Waals surface area contributed by atoms with Gasteiger partial charge in [0.05, 0.1) is 18.2 Å². The predicted molar refractivity (Wildman–Crippen MR) is 116 cm³/mol. The quantitative estimate of drug-likeness (QED) is 0.523. The van der Waals surface area contributed by atoms with Crippen LogP contribution in [0.5, 0.6) is 5.75 Å². The smallest absolute Gasteiger partial charge is 0.410 e. The Morgan fingerprint density at radius 3 is 2.17 bits per heavy atom. The maximum atomic E-state index is 12.3. The van der Waals surface area contributed by atoms with Crippen LogP contribution in [0.2, 0.25) is 0 Å². The summed E-state index contributed by atoms with van der Waals surface area (Å²) in [5.41, 5.74) is 1.67. The monoisotopic (exact) mass is 413 g/mol. The van der Waals surface area contributed by atoms with E-state index in [2.05, 4.69) is 6.92 Å². The normalized spacial score (nSPS) is 12.2. The van der Waals surface area contributed by atoms with Crippen molar-refractivity contribution in [3.05, 3.63) is 65.2 Å². The second kappa shape index (κ2) is 10.3. The molecule has 0 saturated carbocycles. The number of carbonyl (C=O) groups is 2. The zero-order chi connectivity index (χ0) is 22.3. The Balaban J connectivity index is 1.93. The summed E-state index contributed by atoms with van der Waals surface area (Å²) >= 11 is 0. The van der Waals surface area contributed by atoms with Crippen LogP contribution < -0.4 is 4.74 Å². The van der Waals surface area contributed by atoms with Crippen LogP contribution in [0.1, 0.15) is 61.7 Å². The third kappa shape index (κ3) is 7.19. The number of aryl methyl sites for hydroxylation is 1. The highest BCUT2D eigenvalue weighted by molar-refractivity contribution is 5.91. The number of benzene rings is 2. The number of esters is 1. The van der Waals surface area contributed by atoms with E-state index in [9.17, 15) is 14.7 Å². The molecule has 1 unspecified atom stereocenters. The topological polar surface area (TPSA) is 76.1 Å². The van der Waals surface area contributed by atoms with Crippen LogP contribution in [-0.2, 0) is 11.2 Å². The molecule has 0 spiro atoms. The molecule has 30 heavy (non-hydrogen) atoms. The molecule has 0 radical (unpaired) electrons. The Kier molecular flexibility index (Phi) is 8.00. The van der Waals surface area contributed by atoms with Crippen LogP contribution in [0, 0.1) is 0 Å². The average Bonchev–Trinajstić information content (AvgIpc) is 2.68. The van der Waals surface area contributed by atoms with Gasteiger partial charge < -0.3 is 19.5 Å². The summed E-state index contributed by atoms with van der Waals surface area (Å²) in [6, 6.07) is 14.0. The van der Waals surface area contributed by atoms with Crippen molar-refractivity contribution in [2.24, 2.45) is 0 Å². The van der Waals surface area contributed by atoms with Crippen LogP contribution in [-0.4, -0.2) is 41.3 Å². The lowest BCUT2D eigenvalue weighted by Gasteiger charge is -2.26. The standard InChI is InChI=1S/C24H31NO5/c1-6-7-17-8-10-19(11-9-17)22(27)29-20-14-12-18(13-15-20)21(26)16-25(5)23(28)30-24(2,3)4/h8-15,21,26H,6-7,16H2,1-5H3. The molecule has 2 rings (SSSR count). The van der Waals surface area contributed by atoms with E-state index in [0.29, 0.717) is 16.9 Å². The first-order chi connectivity index (χ1) is 14.1. The van der Waals surface area contributed by atoms with E-state index >= 15 is 0 Å². The lowest BCUT2D eigenvalue weighted by molar-refractivity contribution is 0.0205. The molecule has 2 aromatic carbocycles. The highest BCUT2D eigenvalue weighted by Gasteiger charge is 2.22. The molecule has 1 atom stereocenters. The number of rotatable bonds is 7. The molecule has 1 N–H and O–H groups in total. The van der Waals surface area contributed by atoms with Gasteiger partial charge in [-0.1, -0.05) is 37.6 Å². The van der Waals surface area contributed by atoms with Crippen molar-refractivity contribution in [3.8, 4) is 5.75 Å². The Hall–Kier alpha value is -2.86. The molecule has 0 heterocycles. The number of hydrogen-bond acceptors (Lipinski definition) is 5. The van der Waals surface area contributed by atoms with Gasteiger partial charge in [-0.2, -0.15) is 0 Å². The molecule has 1 amide bonds. The van der Waals surface area contributed by atoms with E-state index in [1.54, 1.807) is 64.2 Å². The Morgan fingerprint density at radius 1 is 1.03 bits per heavy atom. The maximum absolute atomic E-state index is 12.3. The molecule has 2 aromatic rings. The number of nitrogens with zero attached hydrogens (tertiary/aromatic N) is 1. The van der Waals surface area contributed by atoms with Crippen LogP contribution in [0.15, 0.2) is 48.5 Å². The minimum absolute atomic E-state index is 0.0815. The summed E-state index contributed by atoms with van der Waals surface area (Å²) in [5, 5.41) is 10.4. The Bertz CT molecular complexity index is 837. The fourth-order valence-corrected chi connectivity index (χ4v) is 2.80. The van der Waals surface area contributed by atoms with Gasteiger partial charge in [0.15, 0.2) is 0 Å². The van der Waals surface area contributed by atoms with Gasteiger partial charge in [-0.3, -0.25) is 0 Å². The molecular formula is C24H31NO5. The fourth-order valence-electron chi connectivity index (χ4n) is 2.80. The van der Waals surface area contributed by atoms with Gasteiger partial charge in [0.25, 0.3) is 0 Å². The van der Waals surface area contributed by atoms with Crippen LogP contribution in [0.3, 0.4) is 0 Å². The second-order valence-corrected chi connectivity index (χ2v) is 8.28. The van der Waals surface area contributed by atoms with E-state index in [1.807, 2.05) is 12.1 Å². The minimum atomic E-state index is -0.890. The van der Waals surface area contributed by atoms with Crippen LogP contribution in [0.4, 0.5) is 4.79 Å². The van der Waals surface area contributed by atoms with Crippen molar-refractivity contribution in [2.45, 2.75) is 52.2 Å². The third-order valence-electron chi connectivity index (χ3n) is 4.36. The van der Waals surface area contributed by atoms with E-state index in [-0.39, 0.29) is 6.54 Å². The van der Waals surface area contributed by atoms with E-state index in [1.165, 1.54) is 10.5 Å². The first-order valence-electron chi connectivity index (χ1n) is 10.1. The molecule has 0 aliphatic heterocycles. The molecule has 0 saturated heterocycles. The number of amides is 1. The molecule has 0 bridgehead atoms. The zero-order valence-electron chi connectivity index (χ0n) is 18.3. The maximum Gasteiger partial charge on any atom is 0.410 e. The summed E-state index contributed by atoms with van der Waals surface area (Å²) in [5.74, 6) is -0.0508. The average molecular weight is 414 g/mol. The predicted octanol–water partition coefficient (Wildman–Crippen LogP) is 4.76. The third-order valence-corrected chi connectivity index (χ3v) is 4.36. The highest BCUT2D eigenvalue weighted by atomic mass is 16.6. The van der Waals surface area contributed by atoms with E-state index < -0.39 is 23.8 Å².